The molecule has 1 amide bonds. The summed E-state index contributed by atoms with van der Waals surface area (Å²) in [5.41, 5.74) is 1.92. The van der Waals surface area contributed by atoms with Gasteiger partial charge in [0.25, 0.3) is 0 Å². The molecule has 0 saturated heterocycles. The fourth-order valence-electron chi connectivity index (χ4n) is 8.42. The van der Waals surface area contributed by atoms with Crippen LogP contribution < -0.4 is 5.32 Å². The van der Waals surface area contributed by atoms with Crippen molar-refractivity contribution in [3.63, 3.8) is 0 Å². The lowest BCUT2D eigenvalue weighted by molar-refractivity contribution is -0.147. The Labute approximate surface area is 228 Å². The van der Waals surface area contributed by atoms with Gasteiger partial charge in [-0.15, -0.1) is 0 Å². The van der Waals surface area contributed by atoms with E-state index in [0.29, 0.717) is 30.0 Å². The molecule has 212 valence electrons. The lowest BCUT2D eigenvalue weighted by atomic mass is 9.46. The Morgan fingerprint density at radius 2 is 1.76 bits per heavy atom. The minimum absolute atomic E-state index is 0.134. The van der Waals surface area contributed by atoms with E-state index in [1.54, 1.807) is 20.8 Å². The van der Waals surface area contributed by atoms with Gasteiger partial charge in [0.05, 0.1) is 5.71 Å². The molecule has 0 radical (unpaired) electrons. The maximum atomic E-state index is 12.9. The van der Waals surface area contributed by atoms with Crippen LogP contribution in [0.5, 0.6) is 0 Å². The third-order valence-electron chi connectivity index (χ3n) is 10.3. The first-order chi connectivity index (χ1) is 17.7. The van der Waals surface area contributed by atoms with Gasteiger partial charge in [-0.1, -0.05) is 38.4 Å². The molecule has 0 aromatic rings. The van der Waals surface area contributed by atoms with Crippen LogP contribution in [-0.2, 0) is 19.2 Å². The fourth-order valence-corrected chi connectivity index (χ4v) is 8.42. The highest BCUT2D eigenvalue weighted by Gasteiger charge is 2.59. The molecule has 0 bridgehead atoms. The van der Waals surface area contributed by atoms with Crippen molar-refractivity contribution in [1.82, 2.24) is 5.32 Å². The van der Waals surface area contributed by atoms with Gasteiger partial charge in [0, 0.05) is 12.3 Å². The summed E-state index contributed by atoms with van der Waals surface area (Å²) in [5.74, 6) is 1.78. The number of alkyl carbamates (subject to hydrolysis) is 1. The summed E-state index contributed by atoms with van der Waals surface area (Å²) < 4.78 is 5.32. The molecule has 38 heavy (non-hydrogen) atoms. The molecule has 0 aliphatic heterocycles. The number of nitrogens with one attached hydrogen (secondary N) is 1. The van der Waals surface area contributed by atoms with Crippen LogP contribution in [0.1, 0.15) is 107 Å². The maximum absolute atomic E-state index is 12.9. The monoisotopic (exact) mass is 528 g/mol. The van der Waals surface area contributed by atoms with Gasteiger partial charge in [-0.3, -0.25) is 4.79 Å². The fraction of sp³-hybridized carbons (Fsp3) is 0.806. The Morgan fingerprint density at radius 1 is 1.05 bits per heavy atom. The Morgan fingerprint density at radius 3 is 2.42 bits per heavy atom. The van der Waals surface area contributed by atoms with Gasteiger partial charge in [0.2, 0.25) is 0 Å². The van der Waals surface area contributed by atoms with E-state index in [1.165, 1.54) is 24.8 Å². The molecule has 0 aromatic heterocycles. The smallest absolute Gasteiger partial charge is 0.408 e. The van der Waals surface area contributed by atoms with Gasteiger partial charge in [0.15, 0.2) is 5.78 Å². The van der Waals surface area contributed by atoms with E-state index in [2.05, 4.69) is 24.3 Å². The number of ether oxygens (including phenoxy) is 1. The van der Waals surface area contributed by atoms with Crippen molar-refractivity contribution < 1.29 is 24.0 Å². The number of ketones is 1. The number of fused-ring (bicyclic) bond motifs is 5. The number of carbonyl (C=O) groups excluding carboxylic acids is 3. The van der Waals surface area contributed by atoms with Crippen molar-refractivity contribution in [2.24, 2.45) is 45.6 Å². The van der Waals surface area contributed by atoms with E-state index in [9.17, 15) is 14.4 Å². The Bertz CT molecular complexity index is 1020. The average molecular weight is 529 g/mol. The molecular weight excluding hydrogens is 480 g/mol. The first kappa shape index (κ1) is 28.8. The van der Waals surface area contributed by atoms with Crippen LogP contribution in [0.25, 0.3) is 0 Å². The van der Waals surface area contributed by atoms with Crippen molar-refractivity contribution in [3.8, 4) is 0 Å². The molecule has 7 heteroatoms. The zero-order valence-electron chi connectivity index (χ0n) is 24.7. The van der Waals surface area contributed by atoms with Crippen molar-refractivity contribution in [2.75, 3.05) is 0 Å². The van der Waals surface area contributed by atoms with Crippen LogP contribution in [0.15, 0.2) is 16.8 Å². The second kappa shape index (κ2) is 10.4. The average Bonchev–Trinajstić information content (AvgIpc) is 3.17. The zero-order valence-corrected chi connectivity index (χ0v) is 24.7. The van der Waals surface area contributed by atoms with E-state index >= 15 is 0 Å². The summed E-state index contributed by atoms with van der Waals surface area (Å²) in [6, 6.07) is -0.837. The molecule has 7 nitrogen and oxygen atoms in total. The van der Waals surface area contributed by atoms with Crippen LogP contribution in [0.4, 0.5) is 4.79 Å². The first-order valence-electron chi connectivity index (χ1n) is 14.6. The minimum atomic E-state index is -0.837. The van der Waals surface area contributed by atoms with Crippen molar-refractivity contribution in [2.45, 2.75) is 118 Å². The van der Waals surface area contributed by atoms with E-state index in [-0.39, 0.29) is 22.7 Å². The normalized spacial score (nSPS) is 36.0. The molecule has 4 aliphatic rings. The number of amides is 1. The number of carbonyl (C=O) groups is 3. The van der Waals surface area contributed by atoms with E-state index in [0.717, 1.165) is 31.4 Å². The van der Waals surface area contributed by atoms with Crippen molar-refractivity contribution in [3.05, 3.63) is 11.6 Å². The Hall–Kier alpha value is -2.18. The number of nitrogens with zero attached hydrogens (tertiary/aromatic N) is 1. The lowest BCUT2D eigenvalue weighted by Crippen LogP contribution is -2.51. The molecule has 3 fully saturated rings. The van der Waals surface area contributed by atoms with Crippen LogP contribution in [0.2, 0.25) is 0 Å². The predicted molar refractivity (Wildman–Crippen MR) is 147 cm³/mol. The molecule has 4 rings (SSSR count). The van der Waals surface area contributed by atoms with Crippen molar-refractivity contribution >= 4 is 23.6 Å². The van der Waals surface area contributed by atoms with E-state index < -0.39 is 23.7 Å². The summed E-state index contributed by atoms with van der Waals surface area (Å²) in [4.78, 5) is 42.7. The highest BCUT2D eigenvalue weighted by atomic mass is 16.7. The van der Waals surface area contributed by atoms with Gasteiger partial charge in [-0.2, -0.15) is 0 Å². The second-order valence-electron chi connectivity index (χ2n) is 14.2. The molecular formula is C31H48N2O5. The summed E-state index contributed by atoms with van der Waals surface area (Å²) >= 11 is 0. The molecule has 7 atom stereocenters. The number of hydrogen-bond acceptors (Lipinski definition) is 6. The lowest BCUT2D eigenvalue weighted by Gasteiger charge is -2.58. The highest BCUT2D eigenvalue weighted by molar-refractivity contribution is 5.91. The molecule has 3 saturated carbocycles. The standard InChI is InChI=1S/C31H48N2O5/c1-18(2)26(32-28(36)37-29(4,5)6)27(35)38-33-19(3)23-11-12-24-22-10-9-20-17-21(34)13-15-30(20,7)25(22)14-16-31(23,24)8/h17-18,22-26H,9-16H2,1-8H3,(H,32,36)/b33-19+/t22-,23+,24?,25?,26-,30-,31+/m0/s1. The quantitative estimate of drug-likeness (QED) is 0.246. The Kier molecular flexibility index (Phi) is 7.90. The molecule has 4 aliphatic carbocycles. The zero-order chi connectivity index (χ0) is 28.0. The summed E-state index contributed by atoms with van der Waals surface area (Å²) in [6.07, 6.45) is 9.77. The van der Waals surface area contributed by atoms with E-state index in [4.69, 9.17) is 9.57 Å². The van der Waals surface area contributed by atoms with Gasteiger partial charge in [-0.05, 0) is 113 Å². The minimum Gasteiger partial charge on any atom is -0.444 e. The van der Waals surface area contributed by atoms with Gasteiger partial charge in [0.1, 0.15) is 11.6 Å². The van der Waals surface area contributed by atoms with Crippen LogP contribution in [-0.4, -0.2) is 35.2 Å². The predicted octanol–water partition coefficient (Wildman–Crippen LogP) is 6.60. The second-order valence-corrected chi connectivity index (χ2v) is 14.2. The maximum Gasteiger partial charge on any atom is 0.408 e. The highest BCUT2D eigenvalue weighted by Crippen LogP contribution is 2.66. The third kappa shape index (κ3) is 5.44. The largest absolute Gasteiger partial charge is 0.444 e. The first-order valence-corrected chi connectivity index (χ1v) is 14.6. The third-order valence-corrected chi connectivity index (χ3v) is 10.3. The van der Waals surface area contributed by atoms with E-state index in [1.807, 2.05) is 26.8 Å². The molecule has 0 aromatic carbocycles. The number of hydrogen-bond donors (Lipinski definition) is 1. The Balaban J connectivity index is 1.44. The van der Waals surface area contributed by atoms with Gasteiger partial charge < -0.3 is 14.9 Å². The summed E-state index contributed by atoms with van der Waals surface area (Å²) in [5, 5.41) is 7.00. The molecule has 2 unspecified atom stereocenters. The van der Waals surface area contributed by atoms with Gasteiger partial charge >= 0.3 is 12.1 Å². The molecule has 0 heterocycles. The van der Waals surface area contributed by atoms with Crippen LogP contribution >= 0.6 is 0 Å². The SMILES string of the molecule is C/C(=N\OC(=O)[C@@H](NC(=O)OC(C)(C)C)C(C)C)[C@H]1CCC2[C@@H]3CCC4=CC(=O)CC[C@]4(C)C3CC[C@@]21C. The number of rotatable bonds is 5. The van der Waals surface area contributed by atoms with Gasteiger partial charge in [-0.25, -0.2) is 9.59 Å². The van der Waals surface area contributed by atoms with Crippen molar-refractivity contribution in [1.29, 1.82) is 0 Å². The topological polar surface area (TPSA) is 94.1 Å². The number of oxime groups is 1. The molecule has 0 spiro atoms. The summed E-state index contributed by atoms with van der Waals surface area (Å²) in [7, 11) is 0. The molecule has 1 N–H and O–H groups in total. The van der Waals surface area contributed by atoms with Crippen LogP contribution in [0, 0.1) is 40.4 Å². The number of allylic oxidation sites excluding steroid dienone is 1. The summed E-state index contributed by atoms with van der Waals surface area (Å²) in [6.45, 7) is 15.9. The van der Waals surface area contributed by atoms with Crippen LogP contribution in [0.3, 0.4) is 0 Å².